The summed E-state index contributed by atoms with van der Waals surface area (Å²) in [5, 5.41) is 21.2. The molecule has 1 saturated carbocycles. The number of hydrogen-bond donors (Lipinski definition) is 2. The molecular weight excluding hydrogens is 348 g/mol. The van der Waals surface area contributed by atoms with E-state index in [0.29, 0.717) is 5.75 Å². The first-order chi connectivity index (χ1) is 12.4. The molecule has 2 N–H and O–H groups in total. The van der Waals surface area contributed by atoms with Gasteiger partial charge in [-0.1, -0.05) is 31.4 Å². The third-order valence-electron chi connectivity index (χ3n) is 4.85. The number of nitrogens with one attached hydrogen (secondary N) is 1. The second kappa shape index (κ2) is 9.63. The van der Waals surface area contributed by atoms with Gasteiger partial charge in [-0.25, -0.2) is 0 Å². The number of aliphatic carboxylic acids is 1. The lowest BCUT2D eigenvalue weighted by molar-refractivity contribution is -0.140. The maximum absolute atomic E-state index is 12.6. The number of carbonyl (C=O) groups excluding carboxylic acids is 1. The van der Waals surface area contributed by atoms with Crippen molar-refractivity contribution in [1.29, 1.82) is 5.26 Å². The SMILES string of the molecule is CC(C#N)CSc1ccccc1NC(=O)CC1(CC(=O)O)CCCCC1. The molecule has 1 aromatic rings. The Morgan fingerprint density at radius 3 is 2.62 bits per heavy atom. The van der Waals surface area contributed by atoms with Gasteiger partial charge in [-0.05, 0) is 37.3 Å². The number of benzene rings is 1. The van der Waals surface area contributed by atoms with Crippen LogP contribution in [0.25, 0.3) is 0 Å². The summed E-state index contributed by atoms with van der Waals surface area (Å²) in [4.78, 5) is 24.9. The van der Waals surface area contributed by atoms with Gasteiger partial charge in [0.1, 0.15) is 0 Å². The number of nitrogens with zero attached hydrogens (tertiary/aromatic N) is 1. The minimum atomic E-state index is -0.832. The van der Waals surface area contributed by atoms with E-state index in [0.717, 1.165) is 42.7 Å². The van der Waals surface area contributed by atoms with E-state index in [-0.39, 0.29) is 24.7 Å². The number of nitriles is 1. The highest BCUT2D eigenvalue weighted by molar-refractivity contribution is 7.99. The van der Waals surface area contributed by atoms with Gasteiger partial charge in [0.05, 0.1) is 24.1 Å². The minimum absolute atomic E-state index is 0.0521. The van der Waals surface area contributed by atoms with Gasteiger partial charge in [-0.15, -0.1) is 11.8 Å². The summed E-state index contributed by atoms with van der Waals surface area (Å²) in [5.41, 5.74) is 0.305. The van der Waals surface area contributed by atoms with Crippen LogP contribution in [0.4, 0.5) is 5.69 Å². The average molecular weight is 375 g/mol. The van der Waals surface area contributed by atoms with Crippen molar-refractivity contribution in [2.45, 2.75) is 56.8 Å². The van der Waals surface area contributed by atoms with Gasteiger partial charge in [0.2, 0.25) is 5.91 Å². The lowest BCUT2D eigenvalue weighted by atomic mass is 9.69. The maximum Gasteiger partial charge on any atom is 0.303 e. The molecule has 0 spiro atoms. The first-order valence-corrected chi connectivity index (χ1v) is 10.1. The van der Waals surface area contributed by atoms with Crippen LogP contribution in [0.5, 0.6) is 0 Å². The molecule has 0 heterocycles. The van der Waals surface area contributed by atoms with Crippen molar-refractivity contribution in [2.75, 3.05) is 11.1 Å². The molecule has 1 atom stereocenters. The predicted molar refractivity (Wildman–Crippen MR) is 103 cm³/mol. The summed E-state index contributed by atoms with van der Waals surface area (Å²) >= 11 is 1.55. The number of rotatable bonds is 8. The highest BCUT2D eigenvalue weighted by Gasteiger charge is 2.36. The van der Waals surface area contributed by atoms with E-state index in [1.54, 1.807) is 11.8 Å². The van der Waals surface area contributed by atoms with Gasteiger partial charge in [0.25, 0.3) is 0 Å². The zero-order valence-electron chi connectivity index (χ0n) is 15.2. The number of amides is 1. The van der Waals surface area contributed by atoms with Gasteiger partial charge >= 0.3 is 5.97 Å². The second-order valence-electron chi connectivity index (χ2n) is 7.19. The van der Waals surface area contributed by atoms with Crippen LogP contribution in [-0.2, 0) is 9.59 Å². The Kier molecular flexibility index (Phi) is 7.52. The zero-order valence-corrected chi connectivity index (χ0v) is 16.0. The van der Waals surface area contributed by atoms with E-state index in [1.807, 2.05) is 31.2 Å². The summed E-state index contributed by atoms with van der Waals surface area (Å²) < 4.78 is 0. The molecule has 0 radical (unpaired) electrons. The fourth-order valence-corrected chi connectivity index (χ4v) is 4.47. The Morgan fingerprint density at radius 1 is 1.27 bits per heavy atom. The van der Waals surface area contributed by atoms with E-state index in [1.165, 1.54) is 0 Å². The third kappa shape index (κ3) is 6.06. The van der Waals surface area contributed by atoms with Crippen LogP contribution >= 0.6 is 11.8 Å². The molecule has 5 nitrogen and oxygen atoms in total. The van der Waals surface area contributed by atoms with E-state index in [9.17, 15) is 14.7 Å². The Balaban J connectivity index is 2.04. The van der Waals surface area contributed by atoms with Crippen LogP contribution in [0.3, 0.4) is 0 Å². The molecule has 1 fully saturated rings. The lowest BCUT2D eigenvalue weighted by Crippen LogP contribution is -2.32. The molecule has 1 aromatic carbocycles. The van der Waals surface area contributed by atoms with Crippen molar-refractivity contribution in [2.24, 2.45) is 11.3 Å². The molecule has 6 heteroatoms. The molecule has 140 valence electrons. The Bertz CT molecular complexity index is 678. The van der Waals surface area contributed by atoms with Gasteiger partial charge in [0.15, 0.2) is 0 Å². The first-order valence-electron chi connectivity index (χ1n) is 9.07. The maximum atomic E-state index is 12.6. The molecule has 0 bridgehead atoms. The number of hydrogen-bond acceptors (Lipinski definition) is 4. The van der Waals surface area contributed by atoms with Gasteiger partial charge in [-0.2, -0.15) is 5.26 Å². The average Bonchev–Trinajstić information content (AvgIpc) is 2.60. The Hall–Kier alpha value is -2.00. The zero-order chi connectivity index (χ0) is 19.0. The van der Waals surface area contributed by atoms with Crippen LogP contribution in [0.15, 0.2) is 29.2 Å². The summed E-state index contributed by atoms with van der Waals surface area (Å²) in [6, 6.07) is 9.75. The van der Waals surface area contributed by atoms with E-state index in [4.69, 9.17) is 5.26 Å². The summed E-state index contributed by atoms with van der Waals surface area (Å²) in [6.07, 6.45) is 4.96. The molecule has 26 heavy (non-hydrogen) atoms. The van der Waals surface area contributed by atoms with Crippen molar-refractivity contribution >= 4 is 29.3 Å². The van der Waals surface area contributed by atoms with E-state index < -0.39 is 11.4 Å². The predicted octanol–water partition coefficient (Wildman–Crippen LogP) is 4.69. The number of thioether (sulfide) groups is 1. The molecule has 2 rings (SSSR count). The molecule has 0 aromatic heterocycles. The van der Waals surface area contributed by atoms with E-state index >= 15 is 0 Å². The third-order valence-corrected chi connectivity index (χ3v) is 6.18. The first kappa shape index (κ1) is 20.3. The second-order valence-corrected chi connectivity index (χ2v) is 8.26. The monoisotopic (exact) mass is 374 g/mol. The molecule has 0 saturated heterocycles. The smallest absolute Gasteiger partial charge is 0.303 e. The number of para-hydroxylation sites is 1. The fraction of sp³-hybridized carbons (Fsp3) is 0.550. The van der Waals surface area contributed by atoms with Crippen LogP contribution in [0.1, 0.15) is 51.9 Å². The minimum Gasteiger partial charge on any atom is -0.481 e. The van der Waals surface area contributed by atoms with Crippen molar-refractivity contribution in [3.05, 3.63) is 24.3 Å². The summed E-state index contributed by atoms with van der Waals surface area (Å²) in [6.45, 7) is 1.87. The van der Waals surface area contributed by atoms with Gasteiger partial charge in [0, 0.05) is 17.1 Å². The summed E-state index contributed by atoms with van der Waals surface area (Å²) in [5.74, 6) is -0.368. The number of carboxylic acids is 1. The Labute approximate surface area is 159 Å². The Morgan fingerprint density at radius 2 is 1.96 bits per heavy atom. The quantitative estimate of drug-likeness (QED) is 0.644. The van der Waals surface area contributed by atoms with Gasteiger partial charge in [-0.3, -0.25) is 9.59 Å². The lowest BCUT2D eigenvalue weighted by Gasteiger charge is -2.35. The molecule has 1 aliphatic rings. The van der Waals surface area contributed by atoms with Crippen LogP contribution in [0, 0.1) is 22.7 Å². The normalized spacial score (nSPS) is 17.1. The van der Waals surface area contributed by atoms with Crippen molar-refractivity contribution in [3.63, 3.8) is 0 Å². The highest BCUT2D eigenvalue weighted by Crippen LogP contribution is 2.42. The largest absolute Gasteiger partial charge is 0.481 e. The number of carbonyl (C=O) groups is 2. The number of carboxylic acid groups (broad SMARTS) is 1. The van der Waals surface area contributed by atoms with Crippen molar-refractivity contribution in [3.8, 4) is 6.07 Å². The topological polar surface area (TPSA) is 90.2 Å². The fourth-order valence-electron chi connectivity index (χ4n) is 3.52. The van der Waals surface area contributed by atoms with Gasteiger partial charge < -0.3 is 10.4 Å². The van der Waals surface area contributed by atoms with E-state index in [2.05, 4.69) is 11.4 Å². The molecule has 1 aliphatic carbocycles. The molecule has 1 unspecified atom stereocenters. The van der Waals surface area contributed by atoms with Crippen molar-refractivity contribution < 1.29 is 14.7 Å². The molecule has 0 aliphatic heterocycles. The standard InChI is InChI=1S/C20H26N2O3S/c1-15(13-21)14-26-17-8-4-3-7-16(17)22-18(23)11-20(12-19(24)25)9-5-2-6-10-20/h3-4,7-8,15H,2,5-6,9-12,14H2,1H3,(H,22,23)(H,24,25). The van der Waals surface area contributed by atoms with Crippen LogP contribution in [0.2, 0.25) is 0 Å². The van der Waals surface area contributed by atoms with Crippen LogP contribution in [-0.4, -0.2) is 22.7 Å². The highest BCUT2D eigenvalue weighted by atomic mass is 32.2. The molecular formula is C20H26N2O3S. The summed E-state index contributed by atoms with van der Waals surface area (Å²) in [7, 11) is 0. The molecule has 1 amide bonds. The van der Waals surface area contributed by atoms with Crippen LogP contribution < -0.4 is 5.32 Å². The van der Waals surface area contributed by atoms with Crippen molar-refractivity contribution in [1.82, 2.24) is 0 Å². The number of anilines is 1.